The molecule has 0 saturated carbocycles. The van der Waals surface area contributed by atoms with Crippen molar-refractivity contribution < 1.29 is 8.42 Å². The number of hydrogen-bond donors (Lipinski definition) is 1. The van der Waals surface area contributed by atoms with Crippen LogP contribution in [-0.4, -0.2) is 13.4 Å². The first kappa shape index (κ1) is 20.2. The van der Waals surface area contributed by atoms with Crippen LogP contribution < -0.4 is 4.72 Å². The minimum Gasteiger partial charge on any atom is -0.251 e. The molecule has 146 valence electrons. The Morgan fingerprint density at radius 1 is 0.857 bits per heavy atom. The third-order valence-electron chi connectivity index (χ3n) is 4.61. The van der Waals surface area contributed by atoms with Crippen LogP contribution in [0.5, 0.6) is 0 Å². The van der Waals surface area contributed by atoms with E-state index in [9.17, 15) is 8.42 Å². The summed E-state index contributed by atoms with van der Waals surface area (Å²) in [5.41, 5.74) is 3.17. The zero-order chi connectivity index (χ0) is 20.4. The van der Waals surface area contributed by atoms with Gasteiger partial charge in [-0.25, -0.2) is 13.1 Å². The Labute approximate surface area is 167 Å². The lowest BCUT2D eigenvalue weighted by atomic mass is 9.85. The molecule has 2 aromatic carbocycles. The highest BCUT2D eigenvalue weighted by Crippen LogP contribution is 2.34. The van der Waals surface area contributed by atoms with Crippen LogP contribution in [0.1, 0.15) is 38.1 Å². The molecule has 1 atom stereocenters. The van der Waals surface area contributed by atoms with Gasteiger partial charge in [-0.05, 0) is 36.6 Å². The number of pyridine rings is 1. The summed E-state index contributed by atoms with van der Waals surface area (Å²) in [6.07, 6.45) is 0. The summed E-state index contributed by atoms with van der Waals surface area (Å²) in [6.45, 7) is 7.95. The van der Waals surface area contributed by atoms with E-state index in [1.165, 1.54) is 0 Å². The summed E-state index contributed by atoms with van der Waals surface area (Å²) in [5.74, 6) is 0. The first-order valence-corrected chi connectivity index (χ1v) is 10.8. The predicted octanol–water partition coefficient (Wildman–Crippen LogP) is 5.12. The molecule has 1 aromatic heterocycles. The number of hydrogen-bond acceptors (Lipinski definition) is 3. The Hall–Kier alpha value is -2.50. The largest absolute Gasteiger partial charge is 0.251 e. The van der Waals surface area contributed by atoms with E-state index >= 15 is 0 Å². The lowest BCUT2D eigenvalue weighted by Gasteiger charge is -2.31. The molecule has 0 saturated heterocycles. The van der Waals surface area contributed by atoms with Gasteiger partial charge in [-0.1, -0.05) is 74.9 Å². The van der Waals surface area contributed by atoms with Crippen molar-refractivity contribution in [3.63, 3.8) is 0 Å². The SMILES string of the molecule is Cc1ccc(S(=O)(=O)N[C@@H](c2cccc(-c3ccccc3)n2)C(C)(C)C)cc1. The molecule has 0 amide bonds. The Kier molecular flexibility index (Phi) is 5.68. The van der Waals surface area contributed by atoms with Crippen LogP contribution in [0.15, 0.2) is 77.7 Å². The van der Waals surface area contributed by atoms with Crippen LogP contribution in [0.3, 0.4) is 0 Å². The van der Waals surface area contributed by atoms with Crippen LogP contribution >= 0.6 is 0 Å². The average Bonchev–Trinajstić information content (AvgIpc) is 2.66. The normalized spacial score (nSPS) is 13.3. The number of nitrogens with one attached hydrogen (secondary N) is 1. The second kappa shape index (κ2) is 7.86. The number of benzene rings is 2. The van der Waals surface area contributed by atoms with Gasteiger partial charge >= 0.3 is 0 Å². The van der Waals surface area contributed by atoms with Gasteiger partial charge in [0.05, 0.1) is 22.3 Å². The third kappa shape index (κ3) is 4.66. The first-order chi connectivity index (χ1) is 13.2. The highest BCUT2D eigenvalue weighted by Gasteiger charge is 2.32. The molecule has 0 aliphatic rings. The topological polar surface area (TPSA) is 59.1 Å². The first-order valence-electron chi connectivity index (χ1n) is 9.28. The van der Waals surface area contributed by atoms with E-state index < -0.39 is 16.1 Å². The van der Waals surface area contributed by atoms with Gasteiger partial charge in [-0.15, -0.1) is 0 Å². The van der Waals surface area contributed by atoms with Crippen molar-refractivity contribution in [3.8, 4) is 11.3 Å². The van der Waals surface area contributed by atoms with Gasteiger partial charge in [-0.3, -0.25) is 4.98 Å². The van der Waals surface area contributed by atoms with E-state index in [-0.39, 0.29) is 10.3 Å². The van der Waals surface area contributed by atoms with Gasteiger partial charge in [0, 0.05) is 5.56 Å². The Morgan fingerprint density at radius 3 is 2.11 bits per heavy atom. The van der Waals surface area contributed by atoms with Crippen LogP contribution in [-0.2, 0) is 10.0 Å². The van der Waals surface area contributed by atoms with Gasteiger partial charge in [0.15, 0.2) is 0 Å². The molecule has 3 aromatic rings. The molecule has 0 bridgehead atoms. The highest BCUT2D eigenvalue weighted by atomic mass is 32.2. The van der Waals surface area contributed by atoms with Crippen molar-refractivity contribution >= 4 is 10.0 Å². The molecule has 1 heterocycles. The molecule has 4 nitrogen and oxygen atoms in total. The van der Waals surface area contributed by atoms with Crippen LogP contribution in [0.25, 0.3) is 11.3 Å². The van der Waals surface area contributed by atoms with Crippen molar-refractivity contribution in [3.05, 3.63) is 84.1 Å². The molecule has 28 heavy (non-hydrogen) atoms. The van der Waals surface area contributed by atoms with Crippen molar-refractivity contribution in [2.75, 3.05) is 0 Å². The maximum Gasteiger partial charge on any atom is 0.241 e. The van der Waals surface area contributed by atoms with Crippen LogP contribution in [0.4, 0.5) is 0 Å². The highest BCUT2D eigenvalue weighted by molar-refractivity contribution is 7.89. The van der Waals surface area contributed by atoms with Crippen LogP contribution in [0, 0.1) is 12.3 Å². The second-order valence-electron chi connectivity index (χ2n) is 8.05. The Bertz CT molecular complexity index is 1040. The summed E-state index contributed by atoms with van der Waals surface area (Å²) in [4.78, 5) is 5.03. The van der Waals surface area contributed by atoms with Gasteiger partial charge < -0.3 is 0 Å². The van der Waals surface area contributed by atoms with E-state index in [1.54, 1.807) is 24.3 Å². The number of sulfonamides is 1. The van der Waals surface area contributed by atoms with Crippen molar-refractivity contribution in [2.45, 2.75) is 38.6 Å². The van der Waals surface area contributed by atoms with Crippen molar-refractivity contribution in [2.24, 2.45) is 5.41 Å². The fraction of sp³-hybridized carbons (Fsp3) is 0.261. The molecule has 0 aliphatic carbocycles. The molecule has 0 aliphatic heterocycles. The lowest BCUT2D eigenvalue weighted by molar-refractivity contribution is 0.299. The monoisotopic (exact) mass is 394 g/mol. The fourth-order valence-electron chi connectivity index (χ4n) is 3.00. The summed E-state index contributed by atoms with van der Waals surface area (Å²) in [6, 6.07) is 22.0. The van der Waals surface area contributed by atoms with E-state index in [0.29, 0.717) is 5.69 Å². The minimum atomic E-state index is -3.68. The van der Waals surface area contributed by atoms with E-state index in [0.717, 1.165) is 16.8 Å². The summed E-state index contributed by atoms with van der Waals surface area (Å²) in [5, 5.41) is 0. The number of rotatable bonds is 5. The standard InChI is InChI=1S/C23H26N2O2S/c1-17-13-15-19(16-14-17)28(26,27)25-22(23(2,3)4)21-12-8-11-20(24-21)18-9-6-5-7-10-18/h5-16,22,25H,1-4H3/t22-/m0/s1. The minimum absolute atomic E-state index is 0.256. The summed E-state index contributed by atoms with van der Waals surface area (Å²) in [7, 11) is -3.68. The quantitative estimate of drug-likeness (QED) is 0.653. The van der Waals surface area contributed by atoms with Crippen molar-refractivity contribution in [1.82, 2.24) is 9.71 Å². The maximum atomic E-state index is 13.0. The molecule has 0 unspecified atom stereocenters. The zero-order valence-corrected chi connectivity index (χ0v) is 17.5. The molecule has 0 spiro atoms. The molecular weight excluding hydrogens is 368 g/mol. The smallest absolute Gasteiger partial charge is 0.241 e. The van der Waals surface area contributed by atoms with Crippen LogP contribution in [0.2, 0.25) is 0 Å². The summed E-state index contributed by atoms with van der Waals surface area (Å²) >= 11 is 0. The molecule has 3 rings (SSSR count). The zero-order valence-electron chi connectivity index (χ0n) is 16.7. The van der Waals surface area contributed by atoms with E-state index in [4.69, 9.17) is 4.98 Å². The van der Waals surface area contributed by atoms with Gasteiger partial charge in [0.2, 0.25) is 10.0 Å². The summed E-state index contributed by atoms with van der Waals surface area (Å²) < 4.78 is 28.9. The Morgan fingerprint density at radius 2 is 1.50 bits per heavy atom. The van der Waals surface area contributed by atoms with Crippen molar-refractivity contribution in [1.29, 1.82) is 0 Å². The second-order valence-corrected chi connectivity index (χ2v) is 9.76. The number of nitrogens with zero attached hydrogens (tertiary/aromatic N) is 1. The molecule has 0 fully saturated rings. The average molecular weight is 395 g/mol. The number of aryl methyl sites for hydroxylation is 1. The fourth-order valence-corrected chi connectivity index (χ4v) is 4.42. The van der Waals surface area contributed by atoms with Gasteiger partial charge in [0.25, 0.3) is 0 Å². The van der Waals surface area contributed by atoms with E-state index in [1.807, 2.05) is 76.2 Å². The molecule has 0 radical (unpaired) electrons. The Balaban J connectivity index is 1.99. The molecular formula is C23H26N2O2S. The predicted molar refractivity (Wildman–Crippen MR) is 113 cm³/mol. The molecule has 1 N–H and O–H groups in total. The number of aromatic nitrogens is 1. The van der Waals surface area contributed by atoms with Gasteiger partial charge in [-0.2, -0.15) is 0 Å². The third-order valence-corrected chi connectivity index (χ3v) is 6.05. The lowest BCUT2D eigenvalue weighted by Crippen LogP contribution is -2.37. The maximum absolute atomic E-state index is 13.0. The molecule has 5 heteroatoms. The van der Waals surface area contributed by atoms with E-state index in [2.05, 4.69) is 4.72 Å². The van der Waals surface area contributed by atoms with Gasteiger partial charge in [0.1, 0.15) is 0 Å².